The van der Waals surface area contributed by atoms with Gasteiger partial charge in [0.05, 0.1) is 42.7 Å². The molecule has 4 aromatic heterocycles. The Hall–Kier alpha value is -2.78. The molecule has 6 heterocycles. The third-order valence-electron chi connectivity index (χ3n) is 9.41. The normalized spacial score (nSPS) is 40.4. The number of nitrogens with zero attached hydrogens (tertiary/aromatic N) is 6. The van der Waals surface area contributed by atoms with Gasteiger partial charge in [-0.1, -0.05) is 0 Å². The van der Waals surface area contributed by atoms with E-state index >= 15 is 0 Å². The van der Waals surface area contributed by atoms with E-state index in [0.29, 0.717) is 12.1 Å². The van der Waals surface area contributed by atoms with Crippen molar-refractivity contribution in [2.45, 2.75) is 49.4 Å². The van der Waals surface area contributed by atoms with Crippen molar-refractivity contribution in [2.75, 3.05) is 25.6 Å². The molecule has 252 valence electrons. The van der Waals surface area contributed by atoms with Crippen LogP contribution in [0.25, 0.3) is 22.2 Å². The summed E-state index contributed by atoms with van der Waals surface area (Å²) in [7, 11) is -9.92. The van der Waals surface area contributed by atoms with E-state index in [4.69, 9.17) is 28.6 Å². The number of imidazole rings is 1. The van der Waals surface area contributed by atoms with Crippen molar-refractivity contribution in [3.63, 3.8) is 0 Å². The van der Waals surface area contributed by atoms with Crippen LogP contribution in [-0.2, 0) is 37.5 Å². The first kappa shape index (κ1) is 31.5. The van der Waals surface area contributed by atoms with Crippen LogP contribution in [-0.4, -0.2) is 98.1 Å². The number of hydrogen-bond acceptors (Lipinski definition) is 17. The summed E-state index contributed by atoms with van der Waals surface area (Å²) in [5.74, 6) is -2.08. The summed E-state index contributed by atoms with van der Waals surface area (Å²) in [6, 6.07) is 0. The highest BCUT2D eigenvalue weighted by molar-refractivity contribution is 7.47. The quantitative estimate of drug-likeness (QED) is 0.151. The first-order valence-electron chi connectivity index (χ1n) is 14.4. The lowest BCUT2D eigenvalue weighted by Crippen LogP contribution is -2.40. The van der Waals surface area contributed by atoms with Crippen molar-refractivity contribution in [2.24, 2.45) is 17.8 Å². The maximum Gasteiger partial charge on any atom is 0.472 e. The van der Waals surface area contributed by atoms with Crippen LogP contribution in [0.5, 0.6) is 0 Å². The Morgan fingerprint density at radius 3 is 2.62 bits per heavy atom. The standard InChI is InChI=1S/C24H28N8O12P2S/c1-8-29-13-14(23(35)30-8)31-47-19(13)18-16-9(3-33)12(42-18)5-41-46(38,39)44-17-10(4-40-45(36,37)43-16)11-2-24(11,20(17)34)32-7-28-15-21(25)26-6-27-22(15)32/h6-7,9-12,16-18,20,33-34H,2-5H2,1H3,(H,36,37)(H,38,39)(H2,25,26,27)(H,29,30,35)/t9-,10+,11+,12-,16-,17-,18-,20-,24+/m1/s1. The van der Waals surface area contributed by atoms with Crippen molar-refractivity contribution >= 4 is 55.2 Å². The van der Waals surface area contributed by atoms with Gasteiger partial charge in [0.25, 0.3) is 5.56 Å². The number of aliphatic hydroxyl groups excluding tert-OH is 2. The Balaban J connectivity index is 1.15. The Morgan fingerprint density at radius 1 is 1.11 bits per heavy atom. The minimum absolute atomic E-state index is 0.00265. The zero-order valence-corrected chi connectivity index (χ0v) is 26.8. The number of aliphatic hydroxyl groups is 2. The summed E-state index contributed by atoms with van der Waals surface area (Å²) in [6.07, 6.45) is -3.63. The van der Waals surface area contributed by atoms with E-state index in [1.807, 2.05) is 0 Å². The highest BCUT2D eigenvalue weighted by Crippen LogP contribution is 2.68. The van der Waals surface area contributed by atoms with Crippen molar-refractivity contribution in [1.29, 1.82) is 0 Å². The molecule has 4 fully saturated rings. The van der Waals surface area contributed by atoms with Gasteiger partial charge in [0.15, 0.2) is 17.0 Å². The maximum atomic E-state index is 13.5. The molecule has 2 unspecified atom stereocenters. The predicted octanol–water partition coefficient (Wildman–Crippen LogP) is -0.118. The van der Waals surface area contributed by atoms with Gasteiger partial charge in [-0.2, -0.15) is 4.37 Å². The van der Waals surface area contributed by atoms with Crippen molar-refractivity contribution in [3.8, 4) is 0 Å². The molecule has 47 heavy (non-hydrogen) atoms. The zero-order valence-electron chi connectivity index (χ0n) is 24.2. The largest absolute Gasteiger partial charge is 0.472 e. The molecule has 2 aliphatic carbocycles. The van der Waals surface area contributed by atoms with Crippen molar-refractivity contribution in [1.82, 2.24) is 33.9 Å². The molecular formula is C24H28N8O12P2S. The van der Waals surface area contributed by atoms with Crippen LogP contribution in [0.1, 0.15) is 23.2 Å². The fourth-order valence-corrected chi connectivity index (χ4v) is 10.1. The predicted molar refractivity (Wildman–Crippen MR) is 158 cm³/mol. The fraction of sp³-hybridized carbons (Fsp3) is 0.583. The van der Waals surface area contributed by atoms with E-state index in [9.17, 15) is 33.9 Å². The second-order valence-electron chi connectivity index (χ2n) is 12.0. The summed E-state index contributed by atoms with van der Waals surface area (Å²) in [5.41, 5.74) is 5.07. The molecule has 4 aromatic rings. The molecule has 2 bridgehead atoms. The molecule has 11 atom stereocenters. The fourth-order valence-electron chi connectivity index (χ4n) is 7.24. The number of anilines is 1. The van der Waals surface area contributed by atoms with E-state index in [1.54, 1.807) is 11.5 Å². The lowest BCUT2D eigenvalue weighted by molar-refractivity contribution is -0.0479. The Kier molecular flexibility index (Phi) is 7.28. The minimum atomic E-state index is -4.97. The molecule has 0 amide bonds. The second kappa shape index (κ2) is 10.9. The number of nitrogens with one attached hydrogen (secondary N) is 1. The molecule has 0 spiro atoms. The highest BCUT2D eigenvalue weighted by atomic mass is 32.1. The first-order chi connectivity index (χ1) is 22.3. The lowest BCUT2D eigenvalue weighted by Gasteiger charge is -2.30. The number of fused-ring (bicyclic) bond motifs is 7. The van der Waals surface area contributed by atoms with Gasteiger partial charge in [0.2, 0.25) is 0 Å². The Bertz CT molecular complexity index is 2060. The molecule has 7 N–H and O–H groups in total. The van der Waals surface area contributed by atoms with Gasteiger partial charge in [-0.05, 0) is 30.8 Å². The van der Waals surface area contributed by atoms with Gasteiger partial charge in [-0.3, -0.25) is 22.9 Å². The number of nitrogen functional groups attached to an aromatic ring is 1. The number of H-pyrrole nitrogens is 1. The number of aromatic amines is 1. The average Bonchev–Trinajstić information content (AvgIpc) is 3.30. The van der Waals surface area contributed by atoms with Crippen LogP contribution in [0.15, 0.2) is 17.4 Å². The molecule has 0 radical (unpaired) electrons. The third-order valence-corrected chi connectivity index (χ3v) is 12.3. The van der Waals surface area contributed by atoms with Gasteiger partial charge in [-0.15, -0.1) is 0 Å². The molecular weight excluding hydrogens is 686 g/mol. The van der Waals surface area contributed by atoms with E-state index in [1.165, 1.54) is 12.7 Å². The third kappa shape index (κ3) is 4.92. The van der Waals surface area contributed by atoms with Gasteiger partial charge in [-0.25, -0.2) is 29.1 Å². The lowest BCUT2D eigenvalue weighted by atomic mass is 9.96. The molecule has 2 saturated heterocycles. The van der Waals surface area contributed by atoms with E-state index in [0.717, 1.165) is 11.5 Å². The summed E-state index contributed by atoms with van der Waals surface area (Å²) in [4.78, 5) is 53.9. The van der Waals surface area contributed by atoms with Crippen molar-refractivity contribution in [3.05, 3.63) is 33.7 Å². The van der Waals surface area contributed by atoms with Crippen LogP contribution < -0.4 is 11.3 Å². The smallest absolute Gasteiger partial charge is 0.396 e. The van der Waals surface area contributed by atoms with Crippen LogP contribution in [0.3, 0.4) is 0 Å². The van der Waals surface area contributed by atoms with E-state index in [-0.39, 0.29) is 33.1 Å². The zero-order chi connectivity index (χ0) is 33.0. The van der Waals surface area contributed by atoms with Gasteiger partial charge < -0.3 is 40.0 Å². The Morgan fingerprint density at radius 2 is 1.85 bits per heavy atom. The number of phosphoric ester groups is 2. The summed E-state index contributed by atoms with van der Waals surface area (Å²) >= 11 is 0.845. The van der Waals surface area contributed by atoms with E-state index < -0.39 is 94.8 Å². The van der Waals surface area contributed by atoms with Gasteiger partial charge in [0.1, 0.15) is 47.6 Å². The number of nitrogens with two attached hydrogens (primary N) is 1. The highest BCUT2D eigenvalue weighted by Gasteiger charge is 2.74. The maximum absolute atomic E-state index is 13.5. The number of aromatic nitrogens is 7. The summed E-state index contributed by atoms with van der Waals surface area (Å²) < 4.78 is 60.8. The Labute approximate surface area is 267 Å². The number of rotatable bonds is 3. The summed E-state index contributed by atoms with van der Waals surface area (Å²) in [6.45, 7) is -0.264. The van der Waals surface area contributed by atoms with Gasteiger partial charge >= 0.3 is 15.6 Å². The monoisotopic (exact) mass is 714 g/mol. The molecule has 2 saturated carbocycles. The number of ether oxygens (including phenoxy) is 1. The number of aryl methyl sites for hydroxylation is 1. The molecule has 4 aliphatic rings. The first-order valence-corrected chi connectivity index (χ1v) is 18.2. The molecule has 8 rings (SSSR count). The molecule has 2 aliphatic heterocycles. The molecule has 20 nitrogen and oxygen atoms in total. The number of hydrogen-bond donors (Lipinski definition) is 6. The number of phosphoric acid groups is 2. The van der Waals surface area contributed by atoms with Crippen LogP contribution in [0.4, 0.5) is 5.82 Å². The molecule has 0 aromatic carbocycles. The topological polar surface area (TPSA) is 289 Å². The molecule has 23 heteroatoms. The average molecular weight is 715 g/mol. The van der Waals surface area contributed by atoms with Crippen LogP contribution in [0, 0.1) is 24.7 Å². The van der Waals surface area contributed by atoms with Crippen LogP contribution in [0.2, 0.25) is 0 Å². The second-order valence-corrected chi connectivity index (χ2v) is 15.6. The van der Waals surface area contributed by atoms with Gasteiger partial charge in [0, 0.05) is 11.8 Å². The summed E-state index contributed by atoms with van der Waals surface area (Å²) in [5, 5.41) is 21.9. The SMILES string of the molecule is Cc1nc2c([C@@H]3O[C@@H]4COP(=O)(O)O[C@@H]5[C@@H](COP(=O)(O)O[C@@H]3[C@@H]4CO)[C@@H]3C[C@@]3(n3cnc4c(N)ncnc43)[C@@H]5O)snc2c(=O)[nH]1. The van der Waals surface area contributed by atoms with Crippen LogP contribution >= 0.6 is 27.2 Å². The van der Waals surface area contributed by atoms with E-state index in [2.05, 4.69) is 29.3 Å². The minimum Gasteiger partial charge on any atom is -0.396 e. The van der Waals surface area contributed by atoms with Crippen molar-refractivity contribution < 1.29 is 52.0 Å².